The van der Waals surface area contributed by atoms with Crippen molar-refractivity contribution >= 4 is 53.6 Å². The zero-order valence-corrected chi connectivity index (χ0v) is 31.9. The lowest BCUT2D eigenvalue weighted by Crippen LogP contribution is -2.51. The fraction of sp³-hybridized carbons (Fsp3) is 0.611. The van der Waals surface area contributed by atoms with E-state index in [4.69, 9.17) is 20.4 Å². The van der Waals surface area contributed by atoms with Gasteiger partial charge in [0.1, 0.15) is 24.2 Å². The number of carboxylic acids is 6. The van der Waals surface area contributed by atoms with Crippen molar-refractivity contribution in [1.82, 2.24) is 26.6 Å². The SMILES string of the molecule is C.CC(C)(C)NCCCC[C@H](NC(=O)N[C@@H](CCC(=O)O)C(=O)O)C(=O)O.CC(C)(C)Nc1ccc(C[C@H](NC(=O)N[C@@H](CCC(=O)O)C(=O)O)C(=O)O)cc1. The summed E-state index contributed by atoms with van der Waals surface area (Å²) in [5.74, 6) is -7.69. The molecule has 0 saturated heterocycles. The number of aliphatic carboxylic acids is 6. The van der Waals surface area contributed by atoms with Gasteiger partial charge in [0.15, 0.2) is 0 Å². The zero-order chi connectivity index (χ0) is 42.5. The van der Waals surface area contributed by atoms with Gasteiger partial charge < -0.3 is 62.5 Å². The largest absolute Gasteiger partial charge is 0.481 e. The molecule has 12 N–H and O–H groups in total. The van der Waals surface area contributed by atoms with E-state index >= 15 is 0 Å². The van der Waals surface area contributed by atoms with Crippen molar-refractivity contribution in [2.24, 2.45) is 0 Å². The highest BCUT2D eigenvalue weighted by molar-refractivity contribution is 5.87. The van der Waals surface area contributed by atoms with E-state index in [1.54, 1.807) is 24.3 Å². The molecule has 0 heterocycles. The van der Waals surface area contributed by atoms with E-state index in [1.165, 1.54) is 0 Å². The van der Waals surface area contributed by atoms with Crippen LogP contribution in [0.4, 0.5) is 15.3 Å². The third-order valence-corrected chi connectivity index (χ3v) is 7.20. The molecule has 0 aliphatic carbocycles. The van der Waals surface area contributed by atoms with Crippen LogP contribution < -0.4 is 31.9 Å². The van der Waals surface area contributed by atoms with Gasteiger partial charge >= 0.3 is 47.9 Å². The number of benzene rings is 1. The Hall–Kier alpha value is -5.66. The van der Waals surface area contributed by atoms with Gasteiger partial charge in [0.25, 0.3) is 0 Å². The molecule has 4 atom stereocenters. The van der Waals surface area contributed by atoms with Crippen molar-refractivity contribution in [1.29, 1.82) is 0 Å². The van der Waals surface area contributed by atoms with Gasteiger partial charge in [-0.2, -0.15) is 0 Å². The maximum atomic E-state index is 12.0. The molecule has 0 bridgehead atoms. The average molecular weight is 801 g/mol. The quantitative estimate of drug-likeness (QED) is 0.0750. The predicted molar refractivity (Wildman–Crippen MR) is 205 cm³/mol. The van der Waals surface area contributed by atoms with Crippen molar-refractivity contribution in [3.63, 3.8) is 0 Å². The Kier molecular flexibility index (Phi) is 23.8. The van der Waals surface area contributed by atoms with Gasteiger partial charge in [-0.3, -0.25) is 9.59 Å². The molecule has 0 aliphatic rings. The highest BCUT2D eigenvalue weighted by Crippen LogP contribution is 2.16. The second-order valence-electron chi connectivity index (χ2n) is 14.6. The lowest BCUT2D eigenvalue weighted by molar-refractivity contribution is -0.142. The van der Waals surface area contributed by atoms with Crippen molar-refractivity contribution in [2.75, 3.05) is 11.9 Å². The molecule has 0 unspecified atom stereocenters. The summed E-state index contributed by atoms with van der Waals surface area (Å²) in [6.45, 7) is 12.8. The average Bonchev–Trinajstić information content (AvgIpc) is 3.03. The summed E-state index contributed by atoms with van der Waals surface area (Å²) < 4.78 is 0. The highest BCUT2D eigenvalue weighted by atomic mass is 16.4. The van der Waals surface area contributed by atoms with Crippen LogP contribution >= 0.6 is 0 Å². The molecule has 56 heavy (non-hydrogen) atoms. The monoisotopic (exact) mass is 800 g/mol. The van der Waals surface area contributed by atoms with Gasteiger partial charge in [-0.05, 0) is 97.9 Å². The maximum absolute atomic E-state index is 12.0. The number of carbonyl (C=O) groups is 8. The van der Waals surface area contributed by atoms with Crippen LogP contribution in [0.1, 0.15) is 99.5 Å². The molecule has 0 spiro atoms. The number of nitrogens with one attached hydrogen (secondary N) is 6. The third kappa shape index (κ3) is 26.2. The van der Waals surface area contributed by atoms with Gasteiger partial charge in [0.05, 0.1) is 0 Å². The van der Waals surface area contributed by atoms with Crippen molar-refractivity contribution in [3.05, 3.63) is 29.8 Å². The van der Waals surface area contributed by atoms with E-state index in [-0.39, 0.29) is 44.2 Å². The molecule has 20 nitrogen and oxygen atoms in total. The number of carbonyl (C=O) groups excluding carboxylic acids is 2. The Morgan fingerprint density at radius 3 is 1.25 bits per heavy atom. The van der Waals surface area contributed by atoms with Gasteiger partial charge in [-0.25, -0.2) is 28.8 Å². The second kappa shape index (κ2) is 25.4. The number of unbranched alkanes of at least 4 members (excludes halogenated alkanes) is 1. The number of amides is 4. The summed E-state index contributed by atoms with van der Waals surface area (Å²) in [6.07, 6.45) is -0.0312. The third-order valence-electron chi connectivity index (χ3n) is 7.20. The topological polar surface area (TPSA) is 330 Å². The summed E-state index contributed by atoms with van der Waals surface area (Å²) in [6, 6.07) is -0.182. The van der Waals surface area contributed by atoms with Crippen LogP contribution in [0.15, 0.2) is 24.3 Å². The smallest absolute Gasteiger partial charge is 0.326 e. The summed E-state index contributed by atoms with van der Waals surface area (Å²) in [7, 11) is 0. The van der Waals surface area contributed by atoms with Crippen LogP contribution in [0, 0.1) is 0 Å². The number of hydrogen-bond acceptors (Lipinski definition) is 10. The lowest BCUT2D eigenvalue weighted by atomic mass is 10.0. The molecule has 1 aromatic rings. The molecule has 0 fully saturated rings. The first kappa shape index (κ1) is 52.4. The van der Waals surface area contributed by atoms with Gasteiger partial charge in [0, 0.05) is 36.0 Å². The minimum atomic E-state index is -1.44. The second-order valence-corrected chi connectivity index (χ2v) is 14.6. The van der Waals surface area contributed by atoms with Crippen LogP contribution in [0.25, 0.3) is 0 Å². The van der Waals surface area contributed by atoms with Crippen LogP contribution in [0.5, 0.6) is 0 Å². The molecule has 0 aliphatic heterocycles. The minimum absolute atomic E-state index is 0. The molecule has 318 valence electrons. The molecule has 1 aromatic carbocycles. The van der Waals surface area contributed by atoms with Crippen molar-refractivity contribution in [3.8, 4) is 0 Å². The fourth-order valence-electron chi connectivity index (χ4n) is 4.55. The number of anilines is 1. The van der Waals surface area contributed by atoms with E-state index in [0.717, 1.165) is 12.1 Å². The fourth-order valence-corrected chi connectivity index (χ4v) is 4.55. The van der Waals surface area contributed by atoms with Crippen LogP contribution in [-0.2, 0) is 35.2 Å². The molecular weight excluding hydrogens is 740 g/mol. The number of hydrogen-bond donors (Lipinski definition) is 12. The first-order valence-corrected chi connectivity index (χ1v) is 17.4. The molecule has 4 amide bonds. The maximum Gasteiger partial charge on any atom is 0.326 e. The molecule has 20 heteroatoms. The molecular formula is C36H60N6O14. The summed E-state index contributed by atoms with van der Waals surface area (Å²) in [5.41, 5.74) is 1.36. The predicted octanol–water partition coefficient (Wildman–Crippen LogP) is 2.76. The Labute approximate surface area is 326 Å². The Bertz CT molecular complexity index is 1460. The Morgan fingerprint density at radius 1 is 0.536 bits per heavy atom. The van der Waals surface area contributed by atoms with E-state index in [0.29, 0.717) is 18.5 Å². The van der Waals surface area contributed by atoms with E-state index in [1.807, 2.05) is 41.5 Å². The number of carboxylic acid groups (broad SMARTS) is 6. The molecule has 0 aromatic heterocycles. The molecule has 0 saturated carbocycles. The van der Waals surface area contributed by atoms with E-state index < -0.39 is 84.9 Å². The van der Waals surface area contributed by atoms with Crippen LogP contribution in [0.3, 0.4) is 0 Å². The lowest BCUT2D eigenvalue weighted by Gasteiger charge is -2.22. The van der Waals surface area contributed by atoms with Gasteiger partial charge in [-0.15, -0.1) is 0 Å². The Morgan fingerprint density at radius 2 is 0.911 bits per heavy atom. The number of urea groups is 2. The van der Waals surface area contributed by atoms with Gasteiger partial charge in [0.2, 0.25) is 0 Å². The first-order chi connectivity index (χ1) is 25.3. The van der Waals surface area contributed by atoms with Gasteiger partial charge in [-0.1, -0.05) is 19.6 Å². The van der Waals surface area contributed by atoms with Crippen LogP contribution in [0.2, 0.25) is 0 Å². The van der Waals surface area contributed by atoms with E-state index in [9.17, 15) is 48.6 Å². The normalized spacial score (nSPS) is 13.0. The van der Waals surface area contributed by atoms with Crippen molar-refractivity contribution < 1.29 is 69.0 Å². The zero-order valence-electron chi connectivity index (χ0n) is 31.9. The Balaban J connectivity index is 0. The van der Waals surface area contributed by atoms with E-state index in [2.05, 4.69) is 31.9 Å². The summed E-state index contributed by atoms with van der Waals surface area (Å²) >= 11 is 0. The molecule has 0 radical (unpaired) electrons. The van der Waals surface area contributed by atoms with Crippen molar-refractivity contribution in [2.45, 2.75) is 136 Å². The summed E-state index contributed by atoms with van der Waals surface area (Å²) in [4.78, 5) is 89.8. The summed E-state index contributed by atoms with van der Waals surface area (Å²) in [5, 5.41) is 69.0. The minimum Gasteiger partial charge on any atom is -0.481 e. The highest BCUT2D eigenvalue weighted by Gasteiger charge is 2.26. The molecule has 1 rings (SSSR count). The first-order valence-electron chi connectivity index (χ1n) is 17.4. The number of rotatable bonds is 22. The van der Waals surface area contributed by atoms with Crippen LogP contribution in [-0.4, -0.2) is 120 Å². The standard InChI is InChI=1S/C19H27N3O7.C16H29N3O7.CH4/c1-19(2,3)22-12-6-4-11(5-7-12)10-14(17(27)28)21-18(29)20-13(16(25)26)8-9-15(23)24;1-16(2,3)17-9-5-4-6-10(13(22)23)18-15(26)19-11(14(24)25)7-8-12(20)21;/h4-7,13-14,22H,8-10H2,1-3H3,(H,23,24)(H,25,26)(H,27,28)(H2,20,21,29);10-11,17H,4-9H2,1-3H3,(H,20,21)(H,22,23)(H,24,25)(H2,18,19,26);1H4/t13-,14-;10-,11-;/m00./s1.